The second-order valence-corrected chi connectivity index (χ2v) is 6.16. The van der Waals surface area contributed by atoms with Crippen molar-refractivity contribution >= 4 is 17.8 Å². The minimum atomic E-state index is -0.301. The quantitative estimate of drug-likeness (QED) is 0.797. The molecular weight excluding hydrogens is 350 g/mol. The number of hydrogen-bond acceptors (Lipinski definition) is 7. The Morgan fingerprint density at radius 3 is 2.85 bits per heavy atom. The summed E-state index contributed by atoms with van der Waals surface area (Å²) < 4.78 is 10.3. The van der Waals surface area contributed by atoms with Crippen molar-refractivity contribution in [1.29, 1.82) is 0 Å². The summed E-state index contributed by atoms with van der Waals surface area (Å²) >= 11 is 0. The summed E-state index contributed by atoms with van der Waals surface area (Å²) in [5, 5.41) is 6.06. The maximum Gasteiger partial charge on any atom is 0.409 e. The Bertz CT molecular complexity index is 757. The van der Waals surface area contributed by atoms with Crippen molar-refractivity contribution in [2.75, 3.05) is 25.0 Å². The molecule has 0 spiro atoms. The molecular formula is C18H23N5O4. The molecule has 2 aromatic heterocycles. The van der Waals surface area contributed by atoms with Crippen LogP contribution in [0.1, 0.15) is 36.0 Å². The molecule has 2 amide bonds. The van der Waals surface area contributed by atoms with Gasteiger partial charge in [-0.05, 0) is 31.9 Å². The van der Waals surface area contributed by atoms with E-state index in [1.165, 1.54) is 6.33 Å². The van der Waals surface area contributed by atoms with Crippen LogP contribution in [0.4, 0.5) is 10.6 Å². The second kappa shape index (κ2) is 9.02. The Hall–Kier alpha value is -3.10. The molecule has 0 aromatic carbocycles. The molecule has 2 aromatic rings. The molecule has 1 fully saturated rings. The van der Waals surface area contributed by atoms with Crippen molar-refractivity contribution in [1.82, 2.24) is 20.2 Å². The molecule has 0 aliphatic carbocycles. The highest BCUT2D eigenvalue weighted by Gasteiger charge is 2.25. The third-order valence-electron chi connectivity index (χ3n) is 4.28. The lowest BCUT2D eigenvalue weighted by Crippen LogP contribution is -2.46. The molecule has 144 valence electrons. The van der Waals surface area contributed by atoms with Crippen LogP contribution in [0.5, 0.6) is 0 Å². The minimum absolute atomic E-state index is 0.00216. The Morgan fingerprint density at radius 2 is 2.15 bits per heavy atom. The lowest BCUT2D eigenvalue weighted by atomic mass is 10.1. The van der Waals surface area contributed by atoms with E-state index in [9.17, 15) is 9.59 Å². The minimum Gasteiger partial charge on any atom is -0.467 e. The number of ether oxygens (including phenoxy) is 1. The van der Waals surface area contributed by atoms with Crippen molar-refractivity contribution in [3.63, 3.8) is 0 Å². The molecule has 1 aliphatic rings. The van der Waals surface area contributed by atoms with Crippen molar-refractivity contribution < 1.29 is 18.7 Å². The predicted molar refractivity (Wildman–Crippen MR) is 97.1 cm³/mol. The number of hydrogen-bond donors (Lipinski definition) is 2. The average molecular weight is 373 g/mol. The first-order chi connectivity index (χ1) is 13.2. The zero-order chi connectivity index (χ0) is 19.1. The highest BCUT2D eigenvalue weighted by molar-refractivity contribution is 5.93. The predicted octanol–water partition coefficient (Wildman–Crippen LogP) is 2.03. The number of rotatable bonds is 6. The third kappa shape index (κ3) is 5.19. The van der Waals surface area contributed by atoms with Gasteiger partial charge in [0, 0.05) is 25.2 Å². The normalized spacial score (nSPS) is 14.6. The number of carbonyl (C=O) groups excluding carboxylic acids is 2. The van der Waals surface area contributed by atoms with Gasteiger partial charge in [0.1, 0.15) is 23.6 Å². The first kappa shape index (κ1) is 18.7. The van der Waals surface area contributed by atoms with E-state index in [1.807, 2.05) is 12.1 Å². The number of carbonyl (C=O) groups is 2. The van der Waals surface area contributed by atoms with Crippen LogP contribution in [0.2, 0.25) is 0 Å². The van der Waals surface area contributed by atoms with Crippen molar-refractivity contribution in [2.45, 2.75) is 32.4 Å². The monoisotopic (exact) mass is 373 g/mol. The van der Waals surface area contributed by atoms with E-state index in [4.69, 9.17) is 9.15 Å². The van der Waals surface area contributed by atoms with Gasteiger partial charge >= 0.3 is 6.09 Å². The van der Waals surface area contributed by atoms with Crippen LogP contribution in [0.15, 0.2) is 35.2 Å². The number of piperidine rings is 1. The maximum atomic E-state index is 12.5. The lowest BCUT2D eigenvalue weighted by molar-refractivity contribution is 0.0856. The number of nitrogens with zero attached hydrogens (tertiary/aromatic N) is 3. The van der Waals surface area contributed by atoms with E-state index in [-0.39, 0.29) is 18.0 Å². The van der Waals surface area contributed by atoms with E-state index in [1.54, 1.807) is 24.2 Å². The molecule has 0 bridgehead atoms. The molecule has 9 nitrogen and oxygen atoms in total. The van der Waals surface area contributed by atoms with Crippen LogP contribution < -0.4 is 10.6 Å². The summed E-state index contributed by atoms with van der Waals surface area (Å²) in [5.41, 5.74) is 0.291. The smallest absolute Gasteiger partial charge is 0.409 e. The van der Waals surface area contributed by atoms with Gasteiger partial charge in [-0.1, -0.05) is 0 Å². The van der Waals surface area contributed by atoms with Crippen LogP contribution >= 0.6 is 0 Å². The number of nitrogens with one attached hydrogen (secondary N) is 2. The molecule has 9 heteroatoms. The summed E-state index contributed by atoms with van der Waals surface area (Å²) in [6.07, 6.45) is 4.01. The number of likely N-dealkylation sites (tertiary alicyclic amines) is 1. The molecule has 1 aliphatic heterocycles. The second-order valence-electron chi connectivity index (χ2n) is 6.16. The van der Waals surface area contributed by atoms with Gasteiger partial charge in [0.05, 0.1) is 19.4 Å². The van der Waals surface area contributed by atoms with Crippen molar-refractivity contribution in [3.05, 3.63) is 42.2 Å². The van der Waals surface area contributed by atoms with Gasteiger partial charge in [0.25, 0.3) is 5.91 Å². The van der Waals surface area contributed by atoms with E-state index in [0.717, 1.165) is 5.76 Å². The van der Waals surface area contributed by atoms with E-state index in [0.29, 0.717) is 50.6 Å². The summed E-state index contributed by atoms with van der Waals surface area (Å²) in [5.74, 6) is 1.06. The standard InChI is InChI=1S/C18H23N5O4/c1-2-26-18(25)23-7-5-13(6-8-23)22-17(24)15-10-16(21-12-20-15)19-11-14-4-3-9-27-14/h3-4,9-10,12-13H,2,5-8,11H2,1H3,(H,22,24)(H,19,20,21). The van der Waals surface area contributed by atoms with Gasteiger partial charge in [-0.25, -0.2) is 14.8 Å². The lowest BCUT2D eigenvalue weighted by Gasteiger charge is -2.31. The molecule has 0 unspecified atom stereocenters. The summed E-state index contributed by atoms with van der Waals surface area (Å²) in [6.45, 7) is 3.73. The van der Waals surface area contributed by atoms with Crippen molar-refractivity contribution in [3.8, 4) is 0 Å². The Balaban J connectivity index is 1.49. The summed E-state index contributed by atoms with van der Waals surface area (Å²) in [7, 11) is 0. The van der Waals surface area contributed by atoms with Gasteiger partial charge in [0.15, 0.2) is 0 Å². The van der Waals surface area contributed by atoms with Gasteiger partial charge in [-0.3, -0.25) is 4.79 Å². The first-order valence-electron chi connectivity index (χ1n) is 8.96. The number of furan rings is 1. The molecule has 1 saturated heterocycles. The van der Waals surface area contributed by atoms with Crippen molar-refractivity contribution in [2.24, 2.45) is 0 Å². The maximum absolute atomic E-state index is 12.5. The fraction of sp³-hybridized carbons (Fsp3) is 0.444. The molecule has 3 rings (SSSR count). The van der Waals surface area contributed by atoms with E-state index >= 15 is 0 Å². The molecule has 0 atom stereocenters. The molecule has 3 heterocycles. The van der Waals surface area contributed by atoms with Gasteiger partial charge in [-0.15, -0.1) is 0 Å². The van der Waals surface area contributed by atoms with Crippen LogP contribution in [-0.2, 0) is 11.3 Å². The zero-order valence-electron chi connectivity index (χ0n) is 15.2. The average Bonchev–Trinajstić information content (AvgIpc) is 3.21. The topological polar surface area (TPSA) is 110 Å². The third-order valence-corrected chi connectivity index (χ3v) is 4.28. The highest BCUT2D eigenvalue weighted by atomic mass is 16.6. The largest absolute Gasteiger partial charge is 0.467 e. The Morgan fingerprint density at radius 1 is 1.33 bits per heavy atom. The highest BCUT2D eigenvalue weighted by Crippen LogP contribution is 2.13. The van der Waals surface area contributed by atoms with Crippen LogP contribution in [0.3, 0.4) is 0 Å². The van der Waals surface area contributed by atoms with Crippen LogP contribution in [-0.4, -0.2) is 52.6 Å². The molecule has 0 radical (unpaired) electrons. The number of aromatic nitrogens is 2. The number of amides is 2. The van der Waals surface area contributed by atoms with Gasteiger partial charge in [-0.2, -0.15) is 0 Å². The molecule has 0 saturated carbocycles. The van der Waals surface area contributed by atoms with Crippen LogP contribution in [0.25, 0.3) is 0 Å². The zero-order valence-corrected chi connectivity index (χ0v) is 15.2. The summed E-state index contributed by atoms with van der Waals surface area (Å²) in [6, 6.07) is 5.26. The van der Waals surface area contributed by atoms with E-state index in [2.05, 4.69) is 20.6 Å². The van der Waals surface area contributed by atoms with Gasteiger partial charge < -0.3 is 24.7 Å². The Kier molecular flexibility index (Phi) is 6.24. The molecule has 2 N–H and O–H groups in total. The van der Waals surface area contributed by atoms with Crippen LogP contribution in [0, 0.1) is 0 Å². The SMILES string of the molecule is CCOC(=O)N1CCC(NC(=O)c2cc(NCc3ccco3)ncn2)CC1. The molecule has 27 heavy (non-hydrogen) atoms. The van der Waals surface area contributed by atoms with E-state index < -0.39 is 0 Å². The fourth-order valence-corrected chi connectivity index (χ4v) is 2.85. The summed E-state index contributed by atoms with van der Waals surface area (Å²) in [4.78, 5) is 34.0. The Labute approximate surface area is 157 Å². The van der Waals surface area contributed by atoms with Gasteiger partial charge in [0.2, 0.25) is 0 Å². The first-order valence-corrected chi connectivity index (χ1v) is 8.96. The fourth-order valence-electron chi connectivity index (χ4n) is 2.85. The number of anilines is 1.